The smallest absolute Gasteiger partial charge is 0.333 e. The van der Waals surface area contributed by atoms with Crippen molar-refractivity contribution in [2.24, 2.45) is 0 Å². The van der Waals surface area contributed by atoms with Crippen LogP contribution in [-0.4, -0.2) is 18.5 Å². The molecule has 37 heavy (non-hydrogen) atoms. The monoisotopic (exact) mass is 624 g/mol. The molecule has 5 rings (SSSR count). The fraction of sp³-hybridized carbons (Fsp3) is 0.103. The highest BCUT2D eigenvalue weighted by Crippen LogP contribution is 2.36. The van der Waals surface area contributed by atoms with Gasteiger partial charge in [0.15, 0.2) is 11.5 Å². The Bertz CT molecular complexity index is 1540. The first-order valence-corrected chi connectivity index (χ1v) is 13.1. The fourth-order valence-corrected chi connectivity index (χ4v) is 4.99. The second-order valence-electron chi connectivity index (χ2n) is 8.34. The van der Waals surface area contributed by atoms with E-state index in [2.05, 4.69) is 58.2 Å². The van der Waals surface area contributed by atoms with Gasteiger partial charge in [-0.25, -0.2) is 9.69 Å². The molecular formula is C29H22ClIN2O4. The number of ether oxygens (including phenoxy) is 2. The van der Waals surface area contributed by atoms with Gasteiger partial charge in [0.2, 0.25) is 0 Å². The number of urea groups is 1. The molecule has 0 aliphatic carbocycles. The van der Waals surface area contributed by atoms with Crippen molar-refractivity contribution in [2.75, 3.05) is 11.5 Å². The Labute approximate surface area is 233 Å². The number of imide groups is 1. The number of benzene rings is 4. The van der Waals surface area contributed by atoms with Gasteiger partial charge in [0, 0.05) is 5.02 Å². The molecule has 8 heteroatoms. The van der Waals surface area contributed by atoms with E-state index in [1.165, 1.54) is 5.39 Å². The van der Waals surface area contributed by atoms with E-state index in [0.29, 0.717) is 41.0 Å². The van der Waals surface area contributed by atoms with Crippen molar-refractivity contribution in [3.05, 3.63) is 104 Å². The predicted octanol–water partition coefficient (Wildman–Crippen LogP) is 7.17. The Kier molecular flexibility index (Phi) is 7.34. The summed E-state index contributed by atoms with van der Waals surface area (Å²) in [6.45, 7) is 2.73. The van der Waals surface area contributed by atoms with Crippen LogP contribution in [0.2, 0.25) is 5.02 Å². The molecule has 1 saturated heterocycles. The van der Waals surface area contributed by atoms with Crippen molar-refractivity contribution in [1.29, 1.82) is 0 Å². The first-order valence-electron chi connectivity index (χ1n) is 11.6. The van der Waals surface area contributed by atoms with Gasteiger partial charge in [-0.15, -0.1) is 0 Å². The molecular weight excluding hydrogens is 603 g/mol. The first kappa shape index (κ1) is 25.1. The van der Waals surface area contributed by atoms with E-state index in [-0.39, 0.29) is 5.70 Å². The lowest BCUT2D eigenvalue weighted by Gasteiger charge is -2.15. The van der Waals surface area contributed by atoms with E-state index in [1.54, 1.807) is 36.4 Å². The van der Waals surface area contributed by atoms with Gasteiger partial charge in [0.25, 0.3) is 5.91 Å². The number of fused-ring (bicyclic) bond motifs is 1. The number of carbonyl (C=O) groups excluding carboxylic acids is 2. The summed E-state index contributed by atoms with van der Waals surface area (Å²) in [6, 6.07) is 24.1. The topological polar surface area (TPSA) is 67.9 Å². The molecule has 0 atom stereocenters. The zero-order valence-corrected chi connectivity index (χ0v) is 22.7. The van der Waals surface area contributed by atoms with E-state index in [4.69, 9.17) is 21.1 Å². The minimum atomic E-state index is -0.520. The van der Waals surface area contributed by atoms with Crippen LogP contribution in [-0.2, 0) is 11.4 Å². The Morgan fingerprint density at radius 1 is 0.946 bits per heavy atom. The summed E-state index contributed by atoms with van der Waals surface area (Å²) in [5.41, 5.74) is 2.36. The lowest BCUT2D eigenvalue weighted by molar-refractivity contribution is -0.113. The third-order valence-electron chi connectivity index (χ3n) is 5.80. The number of nitrogens with zero attached hydrogens (tertiary/aromatic N) is 1. The molecule has 1 N–H and O–H groups in total. The van der Waals surface area contributed by atoms with Crippen LogP contribution >= 0.6 is 34.2 Å². The van der Waals surface area contributed by atoms with Gasteiger partial charge in [-0.1, -0.05) is 48.0 Å². The van der Waals surface area contributed by atoms with Crippen LogP contribution in [0.25, 0.3) is 16.8 Å². The molecule has 1 heterocycles. The molecule has 0 unspecified atom stereocenters. The van der Waals surface area contributed by atoms with Gasteiger partial charge < -0.3 is 14.8 Å². The summed E-state index contributed by atoms with van der Waals surface area (Å²) in [6.07, 6.45) is 1.63. The van der Waals surface area contributed by atoms with Gasteiger partial charge in [-0.05, 0) is 100.0 Å². The highest BCUT2D eigenvalue weighted by Gasteiger charge is 2.34. The number of hydrogen-bond acceptors (Lipinski definition) is 4. The number of hydrogen-bond donors (Lipinski definition) is 1. The molecule has 3 amide bonds. The quantitative estimate of drug-likeness (QED) is 0.135. The number of carbonyl (C=O) groups is 2. The van der Waals surface area contributed by atoms with Gasteiger partial charge in [0.05, 0.1) is 15.9 Å². The van der Waals surface area contributed by atoms with E-state index in [1.807, 2.05) is 25.1 Å². The second kappa shape index (κ2) is 10.8. The predicted molar refractivity (Wildman–Crippen MR) is 154 cm³/mol. The van der Waals surface area contributed by atoms with Crippen LogP contribution < -0.4 is 19.7 Å². The maximum atomic E-state index is 13.0. The van der Waals surface area contributed by atoms with Crippen molar-refractivity contribution >= 4 is 68.7 Å². The van der Waals surface area contributed by atoms with Gasteiger partial charge in [-0.2, -0.15) is 0 Å². The first-order chi connectivity index (χ1) is 17.9. The van der Waals surface area contributed by atoms with Crippen molar-refractivity contribution in [3.63, 3.8) is 0 Å². The van der Waals surface area contributed by atoms with E-state index < -0.39 is 11.9 Å². The molecule has 1 aliphatic heterocycles. The Hall–Kier alpha value is -3.56. The summed E-state index contributed by atoms with van der Waals surface area (Å²) >= 11 is 8.13. The number of nitrogens with one attached hydrogen (secondary N) is 1. The molecule has 0 radical (unpaired) electrons. The molecule has 1 fully saturated rings. The van der Waals surface area contributed by atoms with Crippen LogP contribution in [0.3, 0.4) is 0 Å². The minimum absolute atomic E-state index is 0.169. The highest BCUT2D eigenvalue weighted by atomic mass is 127. The van der Waals surface area contributed by atoms with Crippen molar-refractivity contribution in [1.82, 2.24) is 5.32 Å². The average Bonchev–Trinajstić information content (AvgIpc) is 3.16. The Balaban J connectivity index is 1.39. The van der Waals surface area contributed by atoms with Crippen molar-refractivity contribution < 1.29 is 19.1 Å². The Morgan fingerprint density at radius 2 is 1.70 bits per heavy atom. The van der Waals surface area contributed by atoms with E-state index >= 15 is 0 Å². The number of rotatable bonds is 7. The largest absolute Gasteiger partial charge is 0.490 e. The lowest BCUT2D eigenvalue weighted by atomic mass is 10.1. The van der Waals surface area contributed by atoms with Crippen LogP contribution in [0, 0.1) is 3.57 Å². The summed E-state index contributed by atoms with van der Waals surface area (Å²) in [5, 5.41) is 5.51. The molecule has 4 aromatic carbocycles. The zero-order chi connectivity index (χ0) is 25.9. The normalized spacial score (nSPS) is 14.4. The summed E-state index contributed by atoms with van der Waals surface area (Å²) in [4.78, 5) is 26.6. The van der Waals surface area contributed by atoms with Crippen molar-refractivity contribution in [2.45, 2.75) is 13.5 Å². The van der Waals surface area contributed by atoms with Gasteiger partial charge >= 0.3 is 6.03 Å². The number of anilines is 1. The van der Waals surface area contributed by atoms with Crippen molar-refractivity contribution in [3.8, 4) is 11.5 Å². The summed E-state index contributed by atoms with van der Waals surface area (Å²) < 4.78 is 12.9. The molecule has 186 valence electrons. The number of amides is 3. The second-order valence-corrected chi connectivity index (χ2v) is 9.94. The molecule has 0 spiro atoms. The van der Waals surface area contributed by atoms with Gasteiger partial charge in [0.1, 0.15) is 12.3 Å². The summed E-state index contributed by atoms with van der Waals surface area (Å²) in [7, 11) is 0. The molecule has 0 saturated carbocycles. The van der Waals surface area contributed by atoms with Crippen LogP contribution in [0.5, 0.6) is 11.5 Å². The average molecular weight is 625 g/mol. The fourth-order valence-electron chi connectivity index (χ4n) is 4.08. The number of halogens is 2. The zero-order valence-electron chi connectivity index (χ0n) is 19.8. The molecule has 0 bridgehead atoms. The van der Waals surface area contributed by atoms with Crippen LogP contribution in [0.15, 0.2) is 84.6 Å². The minimum Gasteiger partial charge on any atom is -0.490 e. The molecule has 4 aromatic rings. The van der Waals surface area contributed by atoms with Crippen LogP contribution in [0.4, 0.5) is 10.5 Å². The van der Waals surface area contributed by atoms with E-state index in [0.717, 1.165) is 19.4 Å². The van der Waals surface area contributed by atoms with Gasteiger partial charge in [-0.3, -0.25) is 4.79 Å². The SMILES string of the molecule is CCOc1cc(/C=C2/NC(=O)N(c3ccc(Cl)cc3)C2=O)cc(I)c1OCc1ccc2ccccc2c1. The maximum absolute atomic E-state index is 13.0. The molecule has 6 nitrogen and oxygen atoms in total. The summed E-state index contributed by atoms with van der Waals surface area (Å²) in [5.74, 6) is 0.743. The van der Waals surface area contributed by atoms with E-state index in [9.17, 15) is 9.59 Å². The maximum Gasteiger partial charge on any atom is 0.333 e. The molecule has 1 aliphatic rings. The van der Waals surface area contributed by atoms with Crippen LogP contribution in [0.1, 0.15) is 18.1 Å². The lowest BCUT2D eigenvalue weighted by Crippen LogP contribution is -2.30. The molecule has 0 aromatic heterocycles. The third kappa shape index (κ3) is 5.42. The Morgan fingerprint density at radius 3 is 2.46 bits per heavy atom. The highest BCUT2D eigenvalue weighted by molar-refractivity contribution is 14.1. The third-order valence-corrected chi connectivity index (χ3v) is 6.86. The standard InChI is InChI=1S/C29H22ClIN2O4/c1-2-36-26-16-19(15-25-28(34)33(29(35)32-25)23-11-9-22(30)10-12-23)14-24(31)27(26)37-17-18-7-8-20-5-3-4-6-21(20)13-18/h3-16H,2,17H2,1H3,(H,32,35)/b25-15+.